The van der Waals surface area contributed by atoms with E-state index in [2.05, 4.69) is 48.5 Å². The Morgan fingerprint density at radius 2 is 0.586 bits per heavy atom. The fourth-order valence-corrected chi connectivity index (χ4v) is 11.7. The molecular weight excluding hydrogens is 1150 g/mol. The molecule has 0 fully saturated rings. The lowest BCUT2D eigenvalue weighted by Crippen LogP contribution is -2.30. The normalized spacial score (nSPS) is 14.6. The maximum absolute atomic E-state index is 13.0. The predicted octanol–water partition coefficient (Wildman–Crippen LogP) is 19.1. The van der Waals surface area contributed by atoms with Gasteiger partial charge in [-0.1, -0.05) is 286 Å². The van der Waals surface area contributed by atoms with Gasteiger partial charge < -0.3 is 33.8 Å². The van der Waals surface area contributed by atoms with Crippen LogP contribution in [0, 0.1) is 17.8 Å². The van der Waals surface area contributed by atoms with Crippen LogP contribution >= 0.6 is 15.6 Å². The summed E-state index contributed by atoms with van der Waals surface area (Å²) in [6, 6.07) is 0. The van der Waals surface area contributed by atoms with E-state index in [9.17, 15) is 43.2 Å². The highest BCUT2D eigenvalue weighted by Crippen LogP contribution is 2.45. The molecule has 0 saturated carbocycles. The molecule has 0 spiro atoms. The highest BCUT2D eigenvalue weighted by molar-refractivity contribution is 7.47. The predicted molar refractivity (Wildman–Crippen MR) is 349 cm³/mol. The molecule has 3 N–H and O–H groups in total. The first-order chi connectivity index (χ1) is 41.8. The van der Waals surface area contributed by atoms with Crippen LogP contribution in [0.15, 0.2) is 0 Å². The molecule has 0 aromatic rings. The average Bonchev–Trinajstić information content (AvgIpc) is 3.70. The maximum atomic E-state index is 13.0. The second kappa shape index (κ2) is 59.1. The molecule has 516 valence electrons. The number of aliphatic hydroxyl groups excluding tert-OH is 1. The number of esters is 4. The van der Waals surface area contributed by atoms with Gasteiger partial charge in [-0.05, 0) is 43.4 Å². The van der Waals surface area contributed by atoms with Crippen LogP contribution < -0.4 is 0 Å². The summed E-state index contributed by atoms with van der Waals surface area (Å²) in [4.78, 5) is 72.4. The smallest absolute Gasteiger partial charge is 0.462 e. The van der Waals surface area contributed by atoms with Crippen LogP contribution in [0.2, 0.25) is 0 Å². The van der Waals surface area contributed by atoms with Crippen molar-refractivity contribution in [1.29, 1.82) is 0 Å². The molecule has 17 nitrogen and oxygen atoms in total. The zero-order valence-corrected chi connectivity index (χ0v) is 58.3. The summed E-state index contributed by atoms with van der Waals surface area (Å²) in [6.07, 6.45) is 41.7. The number of ether oxygens (including phenoxy) is 4. The van der Waals surface area contributed by atoms with Crippen LogP contribution in [0.5, 0.6) is 0 Å². The largest absolute Gasteiger partial charge is 0.472 e. The Morgan fingerprint density at radius 1 is 0.333 bits per heavy atom. The van der Waals surface area contributed by atoms with Crippen molar-refractivity contribution in [2.24, 2.45) is 17.8 Å². The standard InChI is InChI=1S/C68H132O17P2/c1-8-10-11-12-13-14-20-28-35-42-49-65(70)78-56-64(85-68(73)52-45-38-31-24-26-33-40-47-60(5)6)58-83-87(76,77)81-54-62(69)53-80-86(74,75)82-57-63(55-79-66(71)50-43-36-29-23-22-27-34-41-48-61(7)9-2)84-67(72)51-44-37-30-21-18-16-15-17-19-25-32-39-46-59(3)4/h59-64,69H,8-58H2,1-7H3,(H,74,75)(H,76,77)/t61?,62-,63-,64-/m1/s1. The lowest BCUT2D eigenvalue weighted by molar-refractivity contribution is -0.161. The van der Waals surface area contributed by atoms with Crippen LogP contribution in [0.4, 0.5) is 0 Å². The first-order valence-corrected chi connectivity index (χ1v) is 38.4. The number of phosphoric acid groups is 2. The molecule has 0 aliphatic heterocycles. The Kier molecular flexibility index (Phi) is 57.8. The minimum Gasteiger partial charge on any atom is -0.462 e. The molecule has 0 heterocycles. The fraction of sp³-hybridized carbons (Fsp3) is 0.941. The van der Waals surface area contributed by atoms with E-state index in [1.165, 1.54) is 148 Å². The van der Waals surface area contributed by atoms with Crippen LogP contribution in [0.3, 0.4) is 0 Å². The van der Waals surface area contributed by atoms with Gasteiger partial charge in [0.25, 0.3) is 0 Å². The number of hydrogen-bond acceptors (Lipinski definition) is 15. The van der Waals surface area contributed by atoms with E-state index in [4.69, 9.17) is 37.0 Å². The van der Waals surface area contributed by atoms with Gasteiger partial charge in [-0.25, -0.2) is 9.13 Å². The Labute approximate surface area is 530 Å². The fourth-order valence-electron chi connectivity index (χ4n) is 10.2. The average molecular weight is 1280 g/mol. The van der Waals surface area contributed by atoms with Crippen LogP contribution in [-0.2, 0) is 65.4 Å². The van der Waals surface area contributed by atoms with Crippen molar-refractivity contribution in [3.63, 3.8) is 0 Å². The van der Waals surface area contributed by atoms with Crippen molar-refractivity contribution >= 4 is 39.5 Å². The molecule has 3 unspecified atom stereocenters. The van der Waals surface area contributed by atoms with E-state index in [0.717, 1.165) is 102 Å². The van der Waals surface area contributed by atoms with E-state index in [1.54, 1.807) is 0 Å². The SMILES string of the molecule is CCCCCCCCCCCCC(=O)OC[C@H](COP(=O)(O)OC[C@H](O)COP(=O)(O)OC[C@@H](COC(=O)CCCCCCCCCCC(C)CC)OC(=O)CCCCCCCCCCCCCCC(C)C)OC(=O)CCCCCCCCCC(C)C. The first-order valence-electron chi connectivity index (χ1n) is 35.4. The molecule has 0 aromatic heterocycles. The molecule has 0 aromatic carbocycles. The van der Waals surface area contributed by atoms with Crippen molar-refractivity contribution in [2.45, 2.75) is 356 Å². The van der Waals surface area contributed by atoms with E-state index in [-0.39, 0.29) is 25.7 Å². The zero-order chi connectivity index (χ0) is 64.5. The number of unbranched alkanes of at least 4 members (excludes halogenated alkanes) is 33. The van der Waals surface area contributed by atoms with Crippen molar-refractivity contribution in [3.8, 4) is 0 Å². The van der Waals surface area contributed by atoms with Gasteiger partial charge in [-0.15, -0.1) is 0 Å². The molecule has 87 heavy (non-hydrogen) atoms. The third-order valence-electron chi connectivity index (χ3n) is 16.0. The molecule has 0 amide bonds. The van der Waals surface area contributed by atoms with Crippen molar-refractivity contribution in [1.82, 2.24) is 0 Å². The van der Waals surface area contributed by atoms with Crippen molar-refractivity contribution < 1.29 is 80.2 Å². The van der Waals surface area contributed by atoms with Gasteiger partial charge >= 0.3 is 39.5 Å². The third-order valence-corrected chi connectivity index (χ3v) is 17.9. The van der Waals surface area contributed by atoms with Gasteiger partial charge in [0.15, 0.2) is 12.2 Å². The van der Waals surface area contributed by atoms with Crippen molar-refractivity contribution in [2.75, 3.05) is 39.6 Å². The van der Waals surface area contributed by atoms with E-state index in [0.29, 0.717) is 31.6 Å². The molecular formula is C68H132O17P2. The summed E-state index contributed by atoms with van der Waals surface area (Å²) in [5.41, 5.74) is 0. The Hall–Kier alpha value is -1.94. The molecule has 6 atom stereocenters. The highest BCUT2D eigenvalue weighted by Gasteiger charge is 2.30. The van der Waals surface area contributed by atoms with E-state index < -0.39 is 97.5 Å². The van der Waals surface area contributed by atoms with Gasteiger partial charge in [-0.3, -0.25) is 37.3 Å². The quantitative estimate of drug-likeness (QED) is 0.0222. The molecule has 0 rings (SSSR count). The number of carbonyl (C=O) groups is 4. The number of aliphatic hydroxyl groups is 1. The van der Waals surface area contributed by atoms with Gasteiger partial charge in [0.2, 0.25) is 0 Å². The monoisotopic (exact) mass is 1280 g/mol. The minimum atomic E-state index is -4.95. The van der Waals surface area contributed by atoms with E-state index >= 15 is 0 Å². The van der Waals surface area contributed by atoms with Crippen molar-refractivity contribution in [3.05, 3.63) is 0 Å². The Bertz CT molecular complexity index is 1720. The number of carbonyl (C=O) groups excluding carboxylic acids is 4. The topological polar surface area (TPSA) is 237 Å². The second-order valence-electron chi connectivity index (χ2n) is 25.8. The van der Waals surface area contributed by atoms with Crippen LogP contribution in [0.25, 0.3) is 0 Å². The summed E-state index contributed by atoms with van der Waals surface area (Å²) < 4.78 is 68.2. The summed E-state index contributed by atoms with van der Waals surface area (Å²) >= 11 is 0. The molecule has 0 bridgehead atoms. The molecule has 0 saturated heterocycles. The van der Waals surface area contributed by atoms with Gasteiger partial charge in [0.05, 0.1) is 26.4 Å². The third kappa shape index (κ3) is 61.3. The number of phosphoric ester groups is 2. The molecule has 19 heteroatoms. The lowest BCUT2D eigenvalue weighted by Gasteiger charge is -2.21. The lowest BCUT2D eigenvalue weighted by atomic mass is 9.99. The summed E-state index contributed by atoms with van der Waals surface area (Å²) in [5.74, 6) is 0.119. The number of hydrogen-bond donors (Lipinski definition) is 3. The zero-order valence-electron chi connectivity index (χ0n) is 56.5. The van der Waals surface area contributed by atoms with E-state index in [1.807, 2.05) is 0 Å². The number of rotatable bonds is 66. The summed E-state index contributed by atoms with van der Waals surface area (Å²) in [6.45, 7) is 11.8. The molecule has 0 radical (unpaired) electrons. The Morgan fingerprint density at radius 3 is 0.874 bits per heavy atom. The minimum absolute atomic E-state index is 0.103. The molecule has 0 aliphatic rings. The molecule has 0 aliphatic carbocycles. The first kappa shape index (κ1) is 85.1. The van der Waals surface area contributed by atoms with Gasteiger partial charge in [0.1, 0.15) is 19.3 Å². The van der Waals surface area contributed by atoms with Crippen LogP contribution in [0.1, 0.15) is 337 Å². The van der Waals surface area contributed by atoms with Gasteiger partial charge in [-0.2, -0.15) is 0 Å². The Balaban J connectivity index is 5.25. The van der Waals surface area contributed by atoms with Crippen LogP contribution in [-0.4, -0.2) is 96.7 Å². The summed E-state index contributed by atoms with van der Waals surface area (Å²) in [7, 11) is -9.90. The van der Waals surface area contributed by atoms with Gasteiger partial charge in [0, 0.05) is 25.7 Å². The highest BCUT2D eigenvalue weighted by atomic mass is 31.2. The maximum Gasteiger partial charge on any atom is 0.472 e. The second-order valence-corrected chi connectivity index (χ2v) is 28.7. The summed E-state index contributed by atoms with van der Waals surface area (Å²) in [5, 5.41) is 10.6.